The first-order valence-corrected chi connectivity index (χ1v) is 10.1. The minimum Gasteiger partial charge on any atom is -0.362 e. The maximum atomic E-state index is 13.0. The predicted octanol–water partition coefficient (Wildman–Crippen LogP) is 3.05. The minimum absolute atomic E-state index is 0.0190. The van der Waals surface area contributed by atoms with Crippen molar-refractivity contribution in [3.05, 3.63) is 65.0 Å². The van der Waals surface area contributed by atoms with Crippen molar-refractivity contribution in [1.82, 2.24) is 10.2 Å². The number of nitrogens with zero attached hydrogens (tertiary/aromatic N) is 2. The number of halogens is 1. The number of rotatable bonds is 7. The number of hydrogen-bond donors (Lipinski definition) is 1. The molecule has 0 bridgehead atoms. The summed E-state index contributed by atoms with van der Waals surface area (Å²) in [6.07, 6.45) is 2.05. The molecule has 2 amide bonds. The van der Waals surface area contributed by atoms with Gasteiger partial charge in [0.1, 0.15) is 5.82 Å². The molecule has 2 aromatic rings. The molecule has 6 heteroatoms. The summed E-state index contributed by atoms with van der Waals surface area (Å²) < 4.78 is 13.0. The summed E-state index contributed by atoms with van der Waals surface area (Å²) in [5.74, 6) is -0.589. The second-order valence-electron chi connectivity index (χ2n) is 7.47. The van der Waals surface area contributed by atoms with Gasteiger partial charge >= 0.3 is 0 Å². The fourth-order valence-corrected chi connectivity index (χ4v) is 3.64. The molecule has 0 radical (unpaired) electrons. The lowest BCUT2D eigenvalue weighted by Crippen LogP contribution is -2.46. The summed E-state index contributed by atoms with van der Waals surface area (Å²) in [4.78, 5) is 28.8. The second kappa shape index (κ2) is 9.54. The fraction of sp³-hybridized carbons (Fsp3) is 0.391. The Morgan fingerprint density at radius 3 is 2.66 bits per heavy atom. The van der Waals surface area contributed by atoms with Crippen molar-refractivity contribution in [1.29, 1.82) is 0 Å². The Hall–Kier alpha value is -2.89. The number of anilines is 1. The van der Waals surface area contributed by atoms with Gasteiger partial charge in [-0.1, -0.05) is 29.8 Å². The number of benzene rings is 2. The molecule has 0 saturated carbocycles. The molecule has 1 aliphatic heterocycles. The van der Waals surface area contributed by atoms with Crippen molar-refractivity contribution in [3.8, 4) is 0 Å². The maximum Gasteiger partial charge on any atom is 0.242 e. The topological polar surface area (TPSA) is 52.7 Å². The van der Waals surface area contributed by atoms with Gasteiger partial charge in [0.25, 0.3) is 0 Å². The van der Waals surface area contributed by atoms with Crippen molar-refractivity contribution in [2.24, 2.45) is 0 Å². The molecule has 0 spiro atoms. The molecule has 0 aromatic heterocycles. The summed E-state index contributed by atoms with van der Waals surface area (Å²) in [6, 6.07) is 12.3. The van der Waals surface area contributed by atoms with E-state index in [9.17, 15) is 14.0 Å². The first-order valence-electron chi connectivity index (χ1n) is 10.1. The number of amides is 2. The summed E-state index contributed by atoms with van der Waals surface area (Å²) in [7, 11) is 0. The monoisotopic (exact) mass is 397 g/mol. The van der Waals surface area contributed by atoms with Crippen LogP contribution in [0, 0.1) is 12.7 Å². The van der Waals surface area contributed by atoms with Crippen LogP contribution in [0.25, 0.3) is 0 Å². The van der Waals surface area contributed by atoms with Gasteiger partial charge in [-0.05, 0) is 56.0 Å². The predicted molar refractivity (Wildman–Crippen MR) is 112 cm³/mol. The van der Waals surface area contributed by atoms with Crippen LogP contribution in [0.3, 0.4) is 0 Å². The Morgan fingerprint density at radius 1 is 1.17 bits per heavy atom. The van der Waals surface area contributed by atoms with Gasteiger partial charge in [0.15, 0.2) is 0 Å². The third kappa shape index (κ3) is 5.56. The maximum absolute atomic E-state index is 13.0. The van der Waals surface area contributed by atoms with E-state index in [1.54, 1.807) is 17.0 Å². The van der Waals surface area contributed by atoms with E-state index in [0.29, 0.717) is 13.1 Å². The summed E-state index contributed by atoms with van der Waals surface area (Å²) in [5.41, 5.74) is 4.44. The van der Waals surface area contributed by atoms with Crippen LogP contribution in [-0.2, 0) is 22.6 Å². The quantitative estimate of drug-likeness (QED) is 0.781. The van der Waals surface area contributed by atoms with Crippen LogP contribution in [0.2, 0.25) is 0 Å². The number of aryl methyl sites for hydroxylation is 2. The Labute approximate surface area is 171 Å². The van der Waals surface area contributed by atoms with Gasteiger partial charge in [0, 0.05) is 25.3 Å². The van der Waals surface area contributed by atoms with Gasteiger partial charge < -0.3 is 15.1 Å². The van der Waals surface area contributed by atoms with Crippen LogP contribution < -0.4 is 10.2 Å². The lowest BCUT2D eigenvalue weighted by atomic mass is 9.99. The van der Waals surface area contributed by atoms with Crippen molar-refractivity contribution in [2.45, 2.75) is 33.2 Å². The van der Waals surface area contributed by atoms with E-state index in [1.165, 1.54) is 23.3 Å². The van der Waals surface area contributed by atoms with E-state index in [0.717, 1.165) is 30.6 Å². The molecule has 29 heavy (non-hydrogen) atoms. The lowest BCUT2D eigenvalue weighted by Gasteiger charge is -2.32. The third-order valence-electron chi connectivity index (χ3n) is 5.25. The Morgan fingerprint density at radius 2 is 1.93 bits per heavy atom. The van der Waals surface area contributed by atoms with Crippen molar-refractivity contribution in [2.75, 3.05) is 31.1 Å². The fourth-order valence-electron chi connectivity index (χ4n) is 3.64. The molecule has 5 nitrogen and oxygen atoms in total. The average Bonchev–Trinajstić information content (AvgIpc) is 2.71. The van der Waals surface area contributed by atoms with Gasteiger partial charge in [-0.2, -0.15) is 0 Å². The lowest BCUT2D eigenvalue weighted by molar-refractivity contribution is -0.134. The molecule has 1 aliphatic rings. The normalized spacial score (nSPS) is 13.0. The van der Waals surface area contributed by atoms with E-state index in [4.69, 9.17) is 0 Å². The summed E-state index contributed by atoms with van der Waals surface area (Å²) in [5, 5.41) is 2.79. The Bertz CT molecular complexity index is 867. The van der Waals surface area contributed by atoms with Gasteiger partial charge in [-0.25, -0.2) is 4.39 Å². The zero-order valence-corrected chi connectivity index (χ0v) is 17.1. The van der Waals surface area contributed by atoms with E-state index in [1.807, 2.05) is 6.92 Å². The number of hydrogen-bond acceptors (Lipinski definition) is 3. The van der Waals surface area contributed by atoms with Crippen LogP contribution in [0.4, 0.5) is 10.1 Å². The first kappa shape index (κ1) is 20.8. The first-order chi connectivity index (χ1) is 14.0. The van der Waals surface area contributed by atoms with Gasteiger partial charge in [-0.3, -0.25) is 9.59 Å². The second-order valence-corrected chi connectivity index (χ2v) is 7.47. The van der Waals surface area contributed by atoms with Gasteiger partial charge in [-0.15, -0.1) is 0 Å². The van der Waals surface area contributed by atoms with Gasteiger partial charge in [0.2, 0.25) is 11.8 Å². The van der Waals surface area contributed by atoms with E-state index >= 15 is 0 Å². The molecule has 0 fully saturated rings. The highest BCUT2D eigenvalue weighted by Gasteiger charge is 2.22. The number of nitrogens with one attached hydrogen (secondary N) is 1. The van der Waals surface area contributed by atoms with Crippen molar-refractivity contribution >= 4 is 17.5 Å². The molecule has 1 heterocycles. The van der Waals surface area contributed by atoms with Gasteiger partial charge in [0.05, 0.1) is 13.1 Å². The molecule has 2 aromatic carbocycles. The minimum atomic E-state index is -0.308. The SMILES string of the molecule is CCN(CC(=O)NCc1ccc(F)cc1)C(=O)CN1CCCc2cc(C)ccc21. The highest BCUT2D eigenvalue weighted by molar-refractivity contribution is 5.87. The van der Waals surface area contributed by atoms with Crippen molar-refractivity contribution in [3.63, 3.8) is 0 Å². The molecule has 0 atom stereocenters. The largest absolute Gasteiger partial charge is 0.362 e. The number of likely N-dealkylation sites (N-methyl/N-ethyl adjacent to an activating group) is 1. The summed E-state index contributed by atoms with van der Waals surface area (Å²) in [6.45, 7) is 5.86. The highest BCUT2D eigenvalue weighted by Crippen LogP contribution is 2.27. The molecule has 0 saturated heterocycles. The van der Waals surface area contributed by atoms with Crippen LogP contribution >= 0.6 is 0 Å². The van der Waals surface area contributed by atoms with E-state index in [2.05, 4.69) is 35.3 Å². The summed E-state index contributed by atoms with van der Waals surface area (Å²) >= 11 is 0. The highest BCUT2D eigenvalue weighted by atomic mass is 19.1. The molecule has 0 aliphatic carbocycles. The molecule has 1 N–H and O–H groups in total. The molecule has 154 valence electrons. The Balaban J connectivity index is 1.55. The standard InChI is InChI=1S/C23H28FN3O2/c1-3-26(15-22(28)25-14-18-7-9-20(24)10-8-18)23(29)16-27-12-4-5-19-13-17(2)6-11-21(19)27/h6-11,13H,3-5,12,14-16H2,1-2H3,(H,25,28). The smallest absolute Gasteiger partial charge is 0.242 e. The Kier molecular flexibility index (Phi) is 6.86. The zero-order valence-electron chi connectivity index (χ0n) is 17.1. The van der Waals surface area contributed by atoms with E-state index in [-0.39, 0.29) is 30.7 Å². The van der Waals surface area contributed by atoms with E-state index < -0.39 is 0 Å². The van der Waals surface area contributed by atoms with Crippen LogP contribution in [0.5, 0.6) is 0 Å². The number of carbonyl (C=O) groups is 2. The van der Waals surface area contributed by atoms with Crippen LogP contribution in [0.1, 0.15) is 30.0 Å². The molecule has 3 rings (SSSR count). The van der Waals surface area contributed by atoms with Crippen molar-refractivity contribution < 1.29 is 14.0 Å². The average molecular weight is 397 g/mol. The van der Waals surface area contributed by atoms with Crippen LogP contribution in [0.15, 0.2) is 42.5 Å². The molecule has 0 unspecified atom stereocenters. The molecular formula is C23H28FN3O2. The number of carbonyl (C=O) groups excluding carboxylic acids is 2. The number of fused-ring (bicyclic) bond motifs is 1. The molecular weight excluding hydrogens is 369 g/mol. The third-order valence-corrected chi connectivity index (χ3v) is 5.25. The zero-order chi connectivity index (χ0) is 20.8. The van der Waals surface area contributed by atoms with Crippen LogP contribution in [-0.4, -0.2) is 42.9 Å².